The zero-order valence-corrected chi connectivity index (χ0v) is 13.0. The number of alkyl halides is 3. The molecule has 1 heterocycles. The summed E-state index contributed by atoms with van der Waals surface area (Å²) in [7, 11) is 0. The van der Waals surface area contributed by atoms with Crippen molar-refractivity contribution in [2.24, 2.45) is 5.11 Å². The molecule has 0 fully saturated rings. The molecule has 10 heteroatoms. The van der Waals surface area contributed by atoms with Crippen LogP contribution in [0.4, 0.5) is 13.2 Å². The van der Waals surface area contributed by atoms with Gasteiger partial charge in [-0.15, -0.1) is 0 Å². The Kier molecular flexibility index (Phi) is 4.27. The summed E-state index contributed by atoms with van der Waals surface area (Å²) >= 11 is 0. The molecule has 0 saturated carbocycles. The van der Waals surface area contributed by atoms with Crippen LogP contribution in [-0.2, 0) is 12.7 Å². The summed E-state index contributed by atoms with van der Waals surface area (Å²) in [4.78, 5) is 14.1. The number of fused-ring (bicyclic) bond motifs is 1. The minimum atomic E-state index is -4.79. The Bertz CT molecular complexity index is 1050. The van der Waals surface area contributed by atoms with Gasteiger partial charge in [0.2, 0.25) is 0 Å². The van der Waals surface area contributed by atoms with Gasteiger partial charge in [0.1, 0.15) is 0 Å². The lowest BCUT2D eigenvalue weighted by atomic mass is 10.0. The van der Waals surface area contributed by atoms with E-state index in [4.69, 9.17) is 5.53 Å². The van der Waals surface area contributed by atoms with Gasteiger partial charge in [-0.3, -0.25) is 0 Å². The number of carboxylic acids is 1. The fourth-order valence-corrected chi connectivity index (χ4v) is 2.56. The number of carboxylic acid groups (broad SMARTS) is 1. The number of halogens is 3. The SMILES string of the molecule is [N-]=[N+]=NCc1cc2ccccc2cc1-n1nc(C(F)(F)F)cc1C(=O)O. The Balaban J connectivity index is 2.31. The zero-order valence-electron chi connectivity index (χ0n) is 13.0. The lowest BCUT2D eigenvalue weighted by Crippen LogP contribution is -2.11. The number of azide groups is 1. The number of hydrogen-bond acceptors (Lipinski definition) is 3. The first kappa shape index (κ1) is 17.3. The van der Waals surface area contributed by atoms with E-state index in [1.807, 2.05) is 0 Å². The van der Waals surface area contributed by atoms with Gasteiger partial charge in [0, 0.05) is 11.0 Å². The zero-order chi connectivity index (χ0) is 18.9. The van der Waals surface area contributed by atoms with Crippen molar-refractivity contribution in [3.8, 4) is 5.69 Å². The quantitative estimate of drug-likeness (QED) is 0.419. The normalized spacial score (nSPS) is 11.3. The van der Waals surface area contributed by atoms with Crippen LogP contribution in [0.15, 0.2) is 47.6 Å². The standard InChI is InChI=1S/C16H10F3N5O2/c17-16(18,19)14-7-13(15(25)26)24(22-14)12-6-10-4-2-1-3-9(10)5-11(12)8-21-23-20/h1-7H,8H2,(H,25,26). The number of aromatic nitrogens is 2. The van der Waals surface area contributed by atoms with Gasteiger partial charge in [-0.1, -0.05) is 29.4 Å². The second-order valence-electron chi connectivity index (χ2n) is 5.35. The van der Waals surface area contributed by atoms with Crippen molar-refractivity contribution in [2.75, 3.05) is 0 Å². The predicted molar refractivity (Wildman–Crippen MR) is 85.9 cm³/mol. The molecule has 0 spiro atoms. The first-order valence-electron chi connectivity index (χ1n) is 7.24. The number of aromatic carboxylic acids is 1. The average Bonchev–Trinajstić information content (AvgIpc) is 3.05. The second-order valence-corrected chi connectivity index (χ2v) is 5.35. The maximum absolute atomic E-state index is 13.0. The van der Waals surface area contributed by atoms with Crippen LogP contribution in [0.25, 0.3) is 26.9 Å². The van der Waals surface area contributed by atoms with Crippen molar-refractivity contribution in [2.45, 2.75) is 12.7 Å². The van der Waals surface area contributed by atoms with Crippen molar-refractivity contribution >= 4 is 16.7 Å². The van der Waals surface area contributed by atoms with Gasteiger partial charge >= 0.3 is 12.1 Å². The Hall–Kier alpha value is -3.52. The summed E-state index contributed by atoms with van der Waals surface area (Å²) in [6.45, 7) is -0.170. The molecule has 0 aliphatic rings. The Morgan fingerprint density at radius 2 is 1.88 bits per heavy atom. The highest BCUT2D eigenvalue weighted by atomic mass is 19.4. The molecule has 3 aromatic rings. The third kappa shape index (κ3) is 3.17. The topological polar surface area (TPSA) is 104 Å². The maximum atomic E-state index is 13.0. The summed E-state index contributed by atoms with van der Waals surface area (Å²) in [6, 6.07) is 10.6. The van der Waals surface area contributed by atoms with Gasteiger partial charge in [0.05, 0.1) is 12.2 Å². The highest BCUT2D eigenvalue weighted by Crippen LogP contribution is 2.31. The molecule has 1 N–H and O–H groups in total. The van der Waals surface area contributed by atoms with Gasteiger partial charge in [-0.05, 0) is 34.0 Å². The van der Waals surface area contributed by atoms with E-state index >= 15 is 0 Å². The number of hydrogen-bond donors (Lipinski definition) is 1. The summed E-state index contributed by atoms with van der Waals surface area (Å²) < 4.78 is 39.7. The molecule has 0 aliphatic heterocycles. The van der Waals surface area contributed by atoms with E-state index in [-0.39, 0.29) is 12.2 Å². The van der Waals surface area contributed by atoms with E-state index in [1.165, 1.54) is 6.07 Å². The first-order valence-corrected chi connectivity index (χ1v) is 7.24. The summed E-state index contributed by atoms with van der Waals surface area (Å²) in [5.74, 6) is -1.56. The minimum absolute atomic E-state index is 0.101. The number of benzene rings is 2. The van der Waals surface area contributed by atoms with Crippen molar-refractivity contribution in [3.05, 3.63) is 69.9 Å². The molecule has 26 heavy (non-hydrogen) atoms. The second kappa shape index (κ2) is 6.41. The van der Waals surface area contributed by atoms with Gasteiger partial charge in [-0.25, -0.2) is 9.48 Å². The number of carbonyl (C=O) groups is 1. The largest absolute Gasteiger partial charge is 0.477 e. The molecule has 7 nitrogen and oxygen atoms in total. The Labute approximate surface area is 143 Å². The van der Waals surface area contributed by atoms with E-state index in [9.17, 15) is 23.1 Å². The Morgan fingerprint density at radius 3 is 2.46 bits per heavy atom. The van der Waals surface area contributed by atoms with E-state index in [0.717, 1.165) is 5.39 Å². The molecule has 0 atom stereocenters. The fourth-order valence-electron chi connectivity index (χ4n) is 2.56. The smallest absolute Gasteiger partial charge is 0.435 e. The van der Waals surface area contributed by atoms with Crippen molar-refractivity contribution in [1.82, 2.24) is 9.78 Å². The monoisotopic (exact) mass is 361 g/mol. The van der Waals surface area contributed by atoms with Crippen LogP contribution in [0.5, 0.6) is 0 Å². The van der Waals surface area contributed by atoms with Crippen LogP contribution in [0.3, 0.4) is 0 Å². The Morgan fingerprint density at radius 1 is 1.23 bits per heavy atom. The summed E-state index contributed by atoms with van der Waals surface area (Å²) in [5, 5.41) is 17.6. The van der Waals surface area contributed by atoms with Crippen LogP contribution in [0, 0.1) is 0 Å². The molecule has 132 valence electrons. The molecule has 0 aliphatic carbocycles. The molecule has 2 aromatic carbocycles. The van der Waals surface area contributed by atoms with Gasteiger partial charge < -0.3 is 5.11 Å². The van der Waals surface area contributed by atoms with E-state index in [2.05, 4.69) is 15.1 Å². The molecule has 0 bridgehead atoms. The van der Waals surface area contributed by atoms with Crippen LogP contribution in [0.1, 0.15) is 21.7 Å². The predicted octanol–water partition coefficient (Wildman–Crippen LogP) is 4.55. The molecule has 0 saturated heterocycles. The molecular weight excluding hydrogens is 351 g/mol. The lowest BCUT2D eigenvalue weighted by molar-refractivity contribution is -0.141. The lowest BCUT2D eigenvalue weighted by Gasteiger charge is -2.12. The maximum Gasteiger partial charge on any atom is 0.435 e. The molecule has 1 aromatic heterocycles. The summed E-state index contributed by atoms with van der Waals surface area (Å²) in [6.07, 6.45) is -4.79. The van der Waals surface area contributed by atoms with Crippen LogP contribution in [-0.4, -0.2) is 20.9 Å². The van der Waals surface area contributed by atoms with Crippen molar-refractivity contribution in [1.29, 1.82) is 0 Å². The third-order valence-electron chi connectivity index (χ3n) is 3.70. The van der Waals surface area contributed by atoms with E-state index in [1.54, 1.807) is 30.3 Å². The molecular formula is C16H10F3N5O2. The summed E-state index contributed by atoms with van der Waals surface area (Å²) in [5.41, 5.74) is 7.03. The van der Waals surface area contributed by atoms with Crippen LogP contribution in [0.2, 0.25) is 0 Å². The van der Waals surface area contributed by atoms with E-state index in [0.29, 0.717) is 21.7 Å². The van der Waals surface area contributed by atoms with E-state index < -0.39 is 23.5 Å². The fraction of sp³-hybridized carbons (Fsp3) is 0.125. The average molecular weight is 361 g/mol. The number of rotatable bonds is 4. The first-order chi connectivity index (χ1) is 12.3. The van der Waals surface area contributed by atoms with Crippen molar-refractivity contribution < 1.29 is 23.1 Å². The van der Waals surface area contributed by atoms with Gasteiger partial charge in [0.25, 0.3) is 0 Å². The van der Waals surface area contributed by atoms with Crippen LogP contribution < -0.4 is 0 Å². The number of nitrogens with zero attached hydrogens (tertiary/aromatic N) is 5. The molecule has 0 amide bonds. The van der Waals surface area contributed by atoms with Crippen molar-refractivity contribution in [3.63, 3.8) is 0 Å². The highest BCUT2D eigenvalue weighted by Gasteiger charge is 2.36. The van der Waals surface area contributed by atoms with Gasteiger partial charge in [-0.2, -0.15) is 18.3 Å². The van der Waals surface area contributed by atoms with Crippen LogP contribution >= 0.6 is 0 Å². The molecule has 0 unspecified atom stereocenters. The molecule has 3 rings (SSSR count). The third-order valence-corrected chi connectivity index (χ3v) is 3.70. The minimum Gasteiger partial charge on any atom is -0.477 e. The highest BCUT2D eigenvalue weighted by molar-refractivity contribution is 5.89. The van der Waals surface area contributed by atoms with Gasteiger partial charge in [0.15, 0.2) is 11.4 Å². The molecule has 0 radical (unpaired) electrons.